The van der Waals surface area contributed by atoms with Crippen LogP contribution in [0.5, 0.6) is 0 Å². The van der Waals surface area contributed by atoms with E-state index in [1.54, 1.807) is 0 Å². The molecule has 0 unspecified atom stereocenters. The molecule has 0 aliphatic carbocycles. The van der Waals surface area contributed by atoms with Crippen LogP contribution >= 0.6 is 0 Å². The van der Waals surface area contributed by atoms with Crippen LogP contribution in [0.25, 0.3) is 0 Å². The summed E-state index contributed by atoms with van der Waals surface area (Å²) in [6, 6.07) is 3.05. The molecule has 18 heavy (non-hydrogen) atoms. The quantitative estimate of drug-likeness (QED) is 0.861. The largest absolute Gasteiger partial charge is 0.416 e. The molecular formula is C11H12F3NO2S. The summed E-state index contributed by atoms with van der Waals surface area (Å²) in [7, 11) is -3.96. The highest BCUT2D eigenvalue weighted by molar-refractivity contribution is 7.89. The molecule has 1 N–H and O–H groups in total. The number of halogens is 3. The Morgan fingerprint density at radius 1 is 1.39 bits per heavy atom. The molecule has 0 aliphatic rings. The average Bonchev–Trinajstić information content (AvgIpc) is 2.25. The van der Waals surface area contributed by atoms with Gasteiger partial charge in [-0.05, 0) is 24.6 Å². The zero-order valence-electron chi connectivity index (χ0n) is 9.58. The van der Waals surface area contributed by atoms with E-state index >= 15 is 0 Å². The summed E-state index contributed by atoms with van der Waals surface area (Å²) in [6.45, 7) is 4.42. The molecule has 0 aromatic heterocycles. The van der Waals surface area contributed by atoms with Crippen LogP contribution < -0.4 is 4.72 Å². The Hall–Kier alpha value is -1.34. The maximum atomic E-state index is 12.6. The Morgan fingerprint density at radius 2 is 2.00 bits per heavy atom. The van der Waals surface area contributed by atoms with Crippen molar-refractivity contribution >= 4 is 10.0 Å². The topological polar surface area (TPSA) is 46.2 Å². The minimum atomic E-state index is -4.58. The summed E-state index contributed by atoms with van der Waals surface area (Å²) in [5.74, 6) is 0. The summed E-state index contributed by atoms with van der Waals surface area (Å²) < 4.78 is 63.6. The first-order chi connectivity index (χ1) is 8.20. The molecule has 7 heteroatoms. The second kappa shape index (κ2) is 5.11. The molecule has 0 saturated carbocycles. The lowest BCUT2D eigenvalue weighted by Crippen LogP contribution is -2.25. The van der Waals surface area contributed by atoms with Crippen molar-refractivity contribution in [2.45, 2.75) is 18.0 Å². The summed E-state index contributed by atoms with van der Waals surface area (Å²) in [5, 5.41) is 0. The minimum absolute atomic E-state index is 0.0436. The van der Waals surface area contributed by atoms with Crippen LogP contribution in [-0.4, -0.2) is 15.0 Å². The highest BCUT2D eigenvalue weighted by Gasteiger charge is 2.34. The second-order valence-corrected chi connectivity index (χ2v) is 5.30. The predicted molar refractivity (Wildman–Crippen MR) is 61.6 cm³/mol. The molecule has 0 saturated heterocycles. The molecule has 1 rings (SSSR count). The van der Waals surface area contributed by atoms with Gasteiger partial charge in [0, 0.05) is 6.54 Å². The van der Waals surface area contributed by atoms with Gasteiger partial charge < -0.3 is 0 Å². The third-order valence-corrected chi connectivity index (χ3v) is 3.86. The van der Waals surface area contributed by atoms with Crippen molar-refractivity contribution in [2.24, 2.45) is 0 Å². The van der Waals surface area contributed by atoms with Crippen molar-refractivity contribution in [3.8, 4) is 0 Å². The van der Waals surface area contributed by atoms with Gasteiger partial charge in [-0.2, -0.15) is 13.2 Å². The van der Waals surface area contributed by atoms with Crippen molar-refractivity contribution in [2.75, 3.05) is 6.54 Å². The van der Waals surface area contributed by atoms with Crippen LogP contribution in [0.15, 0.2) is 35.7 Å². The standard InChI is InChI=1S/C11H12F3NO2S/c1-3-7-15-18(16,17)10-6-4-5-9(8(10)2)11(12,13)14/h3-6,15H,1,7H2,2H3. The Labute approximate surface area is 103 Å². The van der Waals surface area contributed by atoms with Gasteiger partial charge in [0.05, 0.1) is 10.5 Å². The van der Waals surface area contributed by atoms with Gasteiger partial charge in [-0.25, -0.2) is 13.1 Å². The lowest BCUT2D eigenvalue weighted by atomic mass is 10.1. The van der Waals surface area contributed by atoms with Crippen LogP contribution in [0, 0.1) is 6.92 Å². The zero-order chi connectivity index (χ0) is 14.0. The number of nitrogens with one attached hydrogen (secondary N) is 1. The molecular weight excluding hydrogens is 267 g/mol. The SMILES string of the molecule is C=CCNS(=O)(=O)c1cccc(C(F)(F)F)c1C. The summed E-state index contributed by atoms with van der Waals surface area (Å²) in [4.78, 5) is -0.376. The first kappa shape index (κ1) is 14.7. The highest BCUT2D eigenvalue weighted by atomic mass is 32.2. The van der Waals surface area contributed by atoms with Crippen molar-refractivity contribution in [1.29, 1.82) is 0 Å². The Balaban J connectivity index is 3.32. The molecule has 0 aliphatic heterocycles. The smallest absolute Gasteiger partial charge is 0.207 e. The molecule has 0 heterocycles. The Bertz CT molecular complexity index is 550. The average molecular weight is 279 g/mol. The van der Waals surface area contributed by atoms with E-state index in [0.29, 0.717) is 0 Å². The van der Waals surface area contributed by atoms with Crippen LogP contribution in [0.2, 0.25) is 0 Å². The van der Waals surface area contributed by atoms with Gasteiger partial charge in [0.15, 0.2) is 0 Å². The summed E-state index contributed by atoms with van der Waals surface area (Å²) in [6.07, 6.45) is -3.27. The van der Waals surface area contributed by atoms with E-state index < -0.39 is 21.8 Å². The van der Waals surface area contributed by atoms with Crippen LogP contribution in [0.4, 0.5) is 13.2 Å². The van der Waals surface area contributed by atoms with E-state index in [9.17, 15) is 21.6 Å². The van der Waals surface area contributed by atoms with Crippen molar-refractivity contribution in [1.82, 2.24) is 4.72 Å². The van der Waals surface area contributed by atoms with Crippen molar-refractivity contribution in [3.63, 3.8) is 0 Å². The third-order valence-electron chi connectivity index (χ3n) is 2.30. The minimum Gasteiger partial charge on any atom is -0.207 e. The molecule has 0 radical (unpaired) electrons. The molecule has 1 aromatic rings. The van der Waals surface area contributed by atoms with Crippen molar-refractivity contribution in [3.05, 3.63) is 42.0 Å². The zero-order valence-corrected chi connectivity index (χ0v) is 10.4. The Kier molecular flexibility index (Phi) is 4.18. The number of rotatable bonds is 4. The van der Waals surface area contributed by atoms with Gasteiger partial charge in [0.25, 0.3) is 0 Å². The number of hydrogen-bond acceptors (Lipinski definition) is 2. The summed E-state index contributed by atoms with van der Waals surface area (Å²) >= 11 is 0. The maximum Gasteiger partial charge on any atom is 0.416 e. The van der Waals surface area contributed by atoms with Gasteiger partial charge in [0.1, 0.15) is 0 Å². The Morgan fingerprint density at radius 3 is 2.50 bits per heavy atom. The highest BCUT2D eigenvalue weighted by Crippen LogP contribution is 2.33. The first-order valence-corrected chi connectivity index (χ1v) is 6.46. The van der Waals surface area contributed by atoms with E-state index in [4.69, 9.17) is 0 Å². The van der Waals surface area contributed by atoms with E-state index in [1.165, 1.54) is 6.08 Å². The molecule has 1 aromatic carbocycles. The number of sulfonamides is 1. The van der Waals surface area contributed by atoms with Crippen molar-refractivity contribution < 1.29 is 21.6 Å². The van der Waals surface area contributed by atoms with Gasteiger partial charge in [-0.1, -0.05) is 12.1 Å². The lowest BCUT2D eigenvalue weighted by molar-refractivity contribution is -0.138. The fourth-order valence-electron chi connectivity index (χ4n) is 1.46. The fourth-order valence-corrected chi connectivity index (χ4v) is 2.72. The van der Waals surface area contributed by atoms with E-state index in [0.717, 1.165) is 25.1 Å². The summed E-state index contributed by atoms with van der Waals surface area (Å²) in [5.41, 5.74) is -1.27. The van der Waals surface area contributed by atoms with Gasteiger partial charge >= 0.3 is 6.18 Å². The predicted octanol–water partition coefficient (Wildman–Crippen LogP) is 2.48. The van der Waals surface area contributed by atoms with E-state index in [-0.39, 0.29) is 17.0 Å². The van der Waals surface area contributed by atoms with Crippen LogP contribution in [0.3, 0.4) is 0 Å². The molecule has 0 bridgehead atoms. The van der Waals surface area contributed by atoms with E-state index in [1.807, 2.05) is 0 Å². The fraction of sp³-hybridized carbons (Fsp3) is 0.273. The monoisotopic (exact) mass is 279 g/mol. The van der Waals surface area contributed by atoms with Gasteiger partial charge in [-0.15, -0.1) is 6.58 Å². The molecule has 0 fully saturated rings. The molecule has 3 nitrogen and oxygen atoms in total. The molecule has 0 atom stereocenters. The lowest BCUT2D eigenvalue weighted by Gasteiger charge is -2.14. The van der Waals surface area contributed by atoms with Crippen LogP contribution in [-0.2, 0) is 16.2 Å². The van der Waals surface area contributed by atoms with Gasteiger partial charge in [0.2, 0.25) is 10.0 Å². The van der Waals surface area contributed by atoms with Crippen LogP contribution in [0.1, 0.15) is 11.1 Å². The third kappa shape index (κ3) is 3.11. The second-order valence-electron chi connectivity index (χ2n) is 3.57. The number of hydrogen-bond donors (Lipinski definition) is 1. The van der Waals surface area contributed by atoms with E-state index in [2.05, 4.69) is 11.3 Å². The van der Waals surface area contributed by atoms with Gasteiger partial charge in [-0.3, -0.25) is 0 Å². The first-order valence-electron chi connectivity index (χ1n) is 4.97. The molecule has 0 spiro atoms. The normalized spacial score (nSPS) is 12.4. The number of alkyl halides is 3. The maximum absolute atomic E-state index is 12.6. The molecule has 0 amide bonds. The molecule has 100 valence electrons. The number of benzene rings is 1.